The van der Waals surface area contributed by atoms with Gasteiger partial charge in [0.25, 0.3) is 0 Å². The van der Waals surface area contributed by atoms with E-state index in [0.29, 0.717) is 49.8 Å². The van der Waals surface area contributed by atoms with Crippen molar-refractivity contribution < 1.29 is 22.4 Å². The highest BCUT2D eigenvalue weighted by Gasteiger charge is 2.45. The second-order valence-corrected chi connectivity index (χ2v) is 13.1. The normalized spacial score (nSPS) is 31.7. The summed E-state index contributed by atoms with van der Waals surface area (Å²) < 4.78 is 61.1. The van der Waals surface area contributed by atoms with Crippen LogP contribution >= 0.6 is 0 Å². The molecule has 0 aromatic carbocycles. The first-order chi connectivity index (χ1) is 19.5. The van der Waals surface area contributed by atoms with Crippen LogP contribution in [0.3, 0.4) is 0 Å². The van der Waals surface area contributed by atoms with Crippen molar-refractivity contribution in [3.63, 3.8) is 0 Å². The molecule has 6 unspecified atom stereocenters. The van der Waals surface area contributed by atoms with Gasteiger partial charge in [0.2, 0.25) is 11.5 Å². The van der Waals surface area contributed by atoms with Gasteiger partial charge in [-0.25, -0.2) is 4.39 Å². The van der Waals surface area contributed by atoms with E-state index < -0.39 is 29.9 Å². The van der Waals surface area contributed by atoms with Crippen molar-refractivity contribution >= 4 is 5.91 Å². The molecule has 1 saturated heterocycles. The van der Waals surface area contributed by atoms with Crippen LogP contribution in [-0.2, 0) is 24.6 Å². The van der Waals surface area contributed by atoms with E-state index in [1.54, 1.807) is 0 Å². The van der Waals surface area contributed by atoms with E-state index in [9.17, 15) is 22.4 Å². The number of imidazole rings is 1. The summed E-state index contributed by atoms with van der Waals surface area (Å²) in [4.78, 5) is 13.9. The lowest BCUT2D eigenvalue weighted by Gasteiger charge is -2.39. The molecule has 3 saturated carbocycles. The van der Waals surface area contributed by atoms with Crippen LogP contribution in [0.1, 0.15) is 81.5 Å². The van der Waals surface area contributed by atoms with Gasteiger partial charge >= 0.3 is 6.18 Å². The number of nitrogens with one attached hydrogen (secondary N) is 3. The van der Waals surface area contributed by atoms with Crippen LogP contribution in [-0.4, -0.2) is 49.6 Å². The second-order valence-electron chi connectivity index (χ2n) is 13.1. The predicted molar refractivity (Wildman–Crippen MR) is 143 cm³/mol. The van der Waals surface area contributed by atoms with Gasteiger partial charge in [-0.2, -0.15) is 18.3 Å². The van der Waals surface area contributed by atoms with E-state index in [2.05, 4.69) is 15.7 Å². The van der Waals surface area contributed by atoms with E-state index in [1.165, 1.54) is 17.9 Å². The van der Waals surface area contributed by atoms with E-state index in [0.717, 1.165) is 25.7 Å². The number of carbonyl (C=O) groups excluding carboxylic acids is 1. The third kappa shape index (κ3) is 6.12. The molecule has 1 amide bonds. The number of nitrogens with zero attached hydrogens (tertiary/aromatic N) is 4. The molecule has 2 aromatic rings. The average molecular weight is 580 g/mol. The summed E-state index contributed by atoms with van der Waals surface area (Å²) in [6.45, 7) is 2.65. The molecule has 0 spiro atoms. The summed E-state index contributed by atoms with van der Waals surface area (Å²) in [6.07, 6.45) is 5.88. The Kier molecular flexibility index (Phi) is 7.57. The number of aromatic nitrogens is 4. The first kappa shape index (κ1) is 28.5. The van der Waals surface area contributed by atoms with Gasteiger partial charge < -0.3 is 19.8 Å². The Hall–Kier alpha value is -2.63. The fourth-order valence-electron chi connectivity index (χ4n) is 7.25. The largest absolute Gasteiger partial charge is 0.435 e. The summed E-state index contributed by atoms with van der Waals surface area (Å²) in [7, 11) is 1.49. The predicted octanol–water partition coefficient (Wildman–Crippen LogP) is 4.29. The fraction of sp³-hybridized carbons (Fsp3) is 0.759. The van der Waals surface area contributed by atoms with E-state index in [1.807, 2.05) is 28.5 Å². The van der Waals surface area contributed by atoms with Gasteiger partial charge in [0.05, 0.1) is 0 Å². The maximum Gasteiger partial charge on any atom is 0.435 e. The Morgan fingerprint density at radius 3 is 2.59 bits per heavy atom. The summed E-state index contributed by atoms with van der Waals surface area (Å²) in [6, 6.07) is 0.235. The van der Waals surface area contributed by atoms with Crippen LogP contribution in [0.25, 0.3) is 0 Å². The highest BCUT2D eigenvalue weighted by atomic mass is 19.4. The molecule has 2 aromatic heterocycles. The summed E-state index contributed by atoms with van der Waals surface area (Å²) >= 11 is 0. The number of halogens is 4. The summed E-state index contributed by atoms with van der Waals surface area (Å²) in [5.41, 5.74) is -0.342. The zero-order valence-corrected chi connectivity index (χ0v) is 23.7. The van der Waals surface area contributed by atoms with Gasteiger partial charge in [-0.3, -0.25) is 14.9 Å². The zero-order valence-electron chi connectivity index (χ0n) is 23.7. The molecule has 3 heterocycles. The molecule has 3 N–H and O–H groups in total. The Bertz CT molecular complexity index is 1310. The minimum absolute atomic E-state index is 0.0117. The zero-order chi connectivity index (χ0) is 29.1. The van der Waals surface area contributed by atoms with Crippen LogP contribution in [0.4, 0.5) is 17.6 Å². The van der Waals surface area contributed by atoms with Crippen LogP contribution in [0, 0.1) is 29.1 Å². The van der Waals surface area contributed by atoms with Crippen molar-refractivity contribution in [2.24, 2.45) is 30.7 Å². The monoisotopic (exact) mass is 579 g/mol. The molecule has 41 heavy (non-hydrogen) atoms. The van der Waals surface area contributed by atoms with Crippen molar-refractivity contribution in [1.82, 2.24) is 29.5 Å². The number of hydrogen-bond acceptors (Lipinski definition) is 4. The van der Waals surface area contributed by atoms with Gasteiger partial charge in [0, 0.05) is 68.3 Å². The number of aryl methyl sites for hydroxylation is 1. The maximum atomic E-state index is 14.2. The van der Waals surface area contributed by atoms with Gasteiger partial charge in [0.1, 0.15) is 6.17 Å². The molecule has 4 fully saturated rings. The standard InChI is InChI=1S/C29H41F4N7O/c1-16-9-24(35-13-23(16)30)25(18-3-4-18)36-27(41)20-11-17(14-39-7-8-40(28(39)34)21-5-6-21)10-19(12-20)22-15-38(2)37-26(22)29(31,32)33/h7-8,15-21,23-25,34-35H,3-6,9-14H2,1-2H3,(H,36,41)/t16?,17?,19?,20?,23?,24?,25-/m0/s1. The van der Waals surface area contributed by atoms with Crippen LogP contribution in [0.2, 0.25) is 0 Å². The lowest BCUT2D eigenvalue weighted by Crippen LogP contribution is -2.57. The molecule has 7 atom stereocenters. The Labute approximate surface area is 237 Å². The molecule has 0 radical (unpaired) electrons. The van der Waals surface area contributed by atoms with Crippen LogP contribution in [0.15, 0.2) is 18.6 Å². The molecule has 12 heteroatoms. The SMILES string of the molecule is CC1CC([C@@H](NC(=O)C2CC(Cn3ccn(C4CC4)c3=N)CC(c3cn(C)nc3C(F)(F)F)C2)C2CC2)NCC1F. The number of carbonyl (C=O) groups is 1. The number of hydrogen-bond donors (Lipinski definition) is 3. The number of alkyl halides is 4. The second kappa shape index (κ2) is 10.9. The average Bonchev–Trinajstić information content (AvgIpc) is 3.85. The molecule has 8 nitrogen and oxygen atoms in total. The van der Waals surface area contributed by atoms with Crippen LogP contribution in [0.5, 0.6) is 0 Å². The minimum atomic E-state index is -4.58. The van der Waals surface area contributed by atoms with E-state index in [4.69, 9.17) is 5.41 Å². The van der Waals surface area contributed by atoms with Crippen molar-refractivity contribution in [3.8, 4) is 0 Å². The number of amides is 1. The Morgan fingerprint density at radius 1 is 1.17 bits per heavy atom. The van der Waals surface area contributed by atoms with Gasteiger partial charge in [-0.1, -0.05) is 6.92 Å². The quantitative estimate of drug-likeness (QED) is 0.408. The molecule has 226 valence electrons. The van der Waals surface area contributed by atoms with Crippen molar-refractivity contribution in [2.45, 2.75) is 101 Å². The van der Waals surface area contributed by atoms with Crippen molar-refractivity contribution in [1.29, 1.82) is 5.41 Å². The third-order valence-electron chi connectivity index (χ3n) is 9.75. The Morgan fingerprint density at radius 2 is 1.93 bits per heavy atom. The molecule has 4 aliphatic rings. The lowest BCUT2D eigenvalue weighted by atomic mass is 9.72. The smallest absolute Gasteiger partial charge is 0.351 e. The molecular formula is C29H41F4N7O. The van der Waals surface area contributed by atoms with Gasteiger partial charge in [0.15, 0.2) is 5.69 Å². The molecule has 6 rings (SSSR count). The lowest BCUT2D eigenvalue weighted by molar-refractivity contribution is -0.142. The van der Waals surface area contributed by atoms with Crippen LogP contribution < -0.4 is 16.3 Å². The number of piperidine rings is 1. The first-order valence-electron chi connectivity index (χ1n) is 15.1. The summed E-state index contributed by atoms with van der Waals surface area (Å²) in [5, 5.41) is 19.0. The van der Waals surface area contributed by atoms with Crippen molar-refractivity contribution in [2.75, 3.05) is 6.54 Å². The van der Waals surface area contributed by atoms with Crippen molar-refractivity contribution in [3.05, 3.63) is 35.5 Å². The molecular weight excluding hydrogens is 538 g/mol. The highest BCUT2D eigenvalue weighted by molar-refractivity contribution is 5.79. The summed E-state index contributed by atoms with van der Waals surface area (Å²) in [5.74, 6) is -0.889. The van der Waals surface area contributed by atoms with E-state index in [-0.39, 0.29) is 41.9 Å². The van der Waals surface area contributed by atoms with Gasteiger partial charge in [-0.15, -0.1) is 0 Å². The third-order valence-corrected chi connectivity index (χ3v) is 9.75. The number of rotatable bonds is 8. The maximum absolute atomic E-state index is 14.2. The molecule has 3 aliphatic carbocycles. The highest BCUT2D eigenvalue weighted by Crippen LogP contribution is 2.45. The Balaban J connectivity index is 1.24. The topological polar surface area (TPSA) is 92.7 Å². The first-order valence-corrected chi connectivity index (χ1v) is 15.1. The molecule has 1 aliphatic heterocycles. The minimum Gasteiger partial charge on any atom is -0.351 e. The fourth-order valence-corrected chi connectivity index (χ4v) is 7.25. The van der Waals surface area contributed by atoms with Gasteiger partial charge in [-0.05, 0) is 75.0 Å². The molecule has 0 bridgehead atoms. The van der Waals surface area contributed by atoms with E-state index >= 15 is 0 Å².